The summed E-state index contributed by atoms with van der Waals surface area (Å²) in [6, 6.07) is 12.4. The number of benzene rings is 2. The zero-order valence-electron chi connectivity index (χ0n) is 19.5. The van der Waals surface area contributed by atoms with Crippen molar-refractivity contribution in [3.63, 3.8) is 0 Å². The Hall–Kier alpha value is -2.54. The molecule has 2 aliphatic rings. The number of anilines is 2. The Labute approximate surface area is 197 Å². The molecule has 0 aromatic heterocycles. The molecule has 0 unspecified atom stereocenters. The smallest absolute Gasteiger partial charge is 0.261 e. The van der Waals surface area contributed by atoms with Crippen molar-refractivity contribution in [1.29, 1.82) is 0 Å². The molecule has 1 amide bonds. The third-order valence-electron chi connectivity index (χ3n) is 6.72. The molecule has 0 atom stereocenters. The van der Waals surface area contributed by atoms with Crippen molar-refractivity contribution in [2.45, 2.75) is 75.6 Å². The molecule has 1 saturated heterocycles. The van der Waals surface area contributed by atoms with E-state index in [1.54, 1.807) is 30.3 Å². The highest BCUT2D eigenvalue weighted by Gasteiger charge is 2.22. The molecular weight excluding hydrogens is 434 g/mol. The van der Waals surface area contributed by atoms with Crippen molar-refractivity contribution in [2.24, 2.45) is 0 Å². The fourth-order valence-electron chi connectivity index (χ4n) is 4.78. The van der Waals surface area contributed by atoms with Crippen LogP contribution in [0.4, 0.5) is 11.4 Å². The number of nitrogens with zero attached hydrogens (tertiary/aromatic N) is 1. The third-order valence-corrected chi connectivity index (χ3v) is 8.10. The first-order chi connectivity index (χ1) is 15.9. The maximum atomic E-state index is 13.2. The lowest BCUT2D eigenvalue weighted by Crippen LogP contribution is -2.34. The molecule has 0 spiro atoms. The predicted molar refractivity (Wildman–Crippen MR) is 133 cm³/mol. The van der Waals surface area contributed by atoms with Crippen LogP contribution in [0.25, 0.3) is 0 Å². The molecule has 2 aromatic carbocycles. The van der Waals surface area contributed by atoms with E-state index in [-0.39, 0.29) is 16.8 Å². The van der Waals surface area contributed by atoms with E-state index >= 15 is 0 Å². The van der Waals surface area contributed by atoms with E-state index in [2.05, 4.69) is 14.9 Å². The molecule has 2 aromatic rings. The highest BCUT2D eigenvalue weighted by Crippen LogP contribution is 2.32. The first-order valence-corrected chi connectivity index (χ1v) is 13.7. The van der Waals surface area contributed by atoms with Gasteiger partial charge in [-0.1, -0.05) is 43.4 Å². The van der Waals surface area contributed by atoms with Crippen LogP contribution in [-0.4, -0.2) is 33.5 Å². The second kappa shape index (κ2) is 10.6. The predicted octanol–water partition coefficient (Wildman–Crippen LogP) is 5.24. The van der Waals surface area contributed by atoms with E-state index in [1.165, 1.54) is 19.3 Å². The number of carbonyl (C=O) groups excluding carboxylic acids is 1. The number of sulfonamides is 1. The van der Waals surface area contributed by atoms with Gasteiger partial charge in [-0.3, -0.25) is 9.52 Å². The Bertz CT molecular complexity index is 1050. The highest BCUT2D eigenvalue weighted by molar-refractivity contribution is 7.92. The quantitative estimate of drug-likeness (QED) is 0.567. The maximum absolute atomic E-state index is 13.2. The Balaban J connectivity index is 1.61. The molecule has 0 bridgehead atoms. The van der Waals surface area contributed by atoms with E-state index in [0.717, 1.165) is 62.9 Å². The molecule has 1 heterocycles. The molecule has 1 aliphatic heterocycles. The minimum Gasteiger partial charge on any atom is -0.370 e. The van der Waals surface area contributed by atoms with Gasteiger partial charge in [0.25, 0.3) is 15.9 Å². The van der Waals surface area contributed by atoms with E-state index in [0.29, 0.717) is 11.3 Å². The summed E-state index contributed by atoms with van der Waals surface area (Å²) in [6.45, 7) is 3.69. The summed E-state index contributed by atoms with van der Waals surface area (Å²) in [7, 11) is -3.77. The first kappa shape index (κ1) is 23.6. The summed E-state index contributed by atoms with van der Waals surface area (Å²) in [4.78, 5) is 15.5. The molecule has 1 saturated carbocycles. The number of amides is 1. The fourth-order valence-corrected chi connectivity index (χ4v) is 5.85. The standard InChI is InChI=1S/C26H35N3O3S/c1-20-11-14-23(15-12-20)33(31,32)28-24-19-21(13-16-25(24)29-17-7-4-8-18-29)26(30)27-22-9-5-2-3-6-10-22/h11-16,19,22,28H,2-10,17-18H2,1H3,(H,27,30). The second-order valence-corrected chi connectivity index (χ2v) is 11.0. The van der Waals surface area contributed by atoms with Gasteiger partial charge in [0.1, 0.15) is 0 Å². The zero-order chi connectivity index (χ0) is 23.3. The van der Waals surface area contributed by atoms with Crippen LogP contribution < -0.4 is 14.9 Å². The molecule has 6 nitrogen and oxygen atoms in total. The van der Waals surface area contributed by atoms with Crippen LogP contribution in [0.5, 0.6) is 0 Å². The SMILES string of the molecule is Cc1ccc(S(=O)(=O)Nc2cc(C(=O)NC3CCCCCC3)ccc2N2CCCCC2)cc1. The summed E-state index contributed by atoms with van der Waals surface area (Å²) in [5, 5.41) is 3.17. The molecule has 0 radical (unpaired) electrons. The Morgan fingerprint density at radius 2 is 1.52 bits per heavy atom. The average molecular weight is 470 g/mol. The number of aryl methyl sites for hydroxylation is 1. The zero-order valence-corrected chi connectivity index (χ0v) is 20.3. The summed E-state index contributed by atoms with van der Waals surface area (Å²) in [6.07, 6.45) is 10.1. The number of nitrogens with one attached hydrogen (secondary N) is 2. The number of hydrogen-bond acceptors (Lipinski definition) is 4. The van der Waals surface area contributed by atoms with Crippen molar-refractivity contribution in [2.75, 3.05) is 22.7 Å². The van der Waals surface area contributed by atoms with Gasteiger partial charge >= 0.3 is 0 Å². The normalized spacial score (nSPS) is 17.9. The van der Waals surface area contributed by atoms with Crippen LogP contribution in [-0.2, 0) is 10.0 Å². The van der Waals surface area contributed by atoms with Gasteiger partial charge in [0.2, 0.25) is 0 Å². The number of piperidine rings is 1. The van der Waals surface area contributed by atoms with Gasteiger partial charge in [-0.15, -0.1) is 0 Å². The van der Waals surface area contributed by atoms with Crippen molar-refractivity contribution in [3.05, 3.63) is 53.6 Å². The Morgan fingerprint density at radius 3 is 2.18 bits per heavy atom. The second-order valence-electron chi connectivity index (χ2n) is 9.36. The first-order valence-electron chi connectivity index (χ1n) is 12.2. The summed E-state index contributed by atoms with van der Waals surface area (Å²) in [5.74, 6) is -0.136. The molecule has 4 rings (SSSR count). The fraction of sp³-hybridized carbons (Fsp3) is 0.500. The monoisotopic (exact) mass is 469 g/mol. The minimum atomic E-state index is -3.77. The highest BCUT2D eigenvalue weighted by atomic mass is 32.2. The third kappa shape index (κ3) is 6.08. The lowest BCUT2D eigenvalue weighted by atomic mass is 10.1. The topological polar surface area (TPSA) is 78.5 Å². The van der Waals surface area contributed by atoms with Crippen molar-refractivity contribution in [1.82, 2.24) is 5.32 Å². The van der Waals surface area contributed by atoms with Gasteiger partial charge in [0.05, 0.1) is 16.3 Å². The molecule has 2 N–H and O–H groups in total. The summed E-state index contributed by atoms with van der Waals surface area (Å²) in [5.41, 5.74) is 2.78. The van der Waals surface area contributed by atoms with Gasteiger partial charge < -0.3 is 10.2 Å². The van der Waals surface area contributed by atoms with Gasteiger partial charge in [-0.2, -0.15) is 0 Å². The van der Waals surface area contributed by atoms with Gasteiger partial charge in [0.15, 0.2) is 0 Å². The molecule has 2 fully saturated rings. The number of carbonyl (C=O) groups is 1. The van der Waals surface area contributed by atoms with Crippen LogP contribution in [0.15, 0.2) is 47.4 Å². The Kier molecular flexibility index (Phi) is 7.58. The summed E-state index contributed by atoms with van der Waals surface area (Å²) < 4.78 is 29.1. The van der Waals surface area contributed by atoms with Gasteiger partial charge in [-0.05, 0) is 69.4 Å². The van der Waals surface area contributed by atoms with Crippen LogP contribution in [0.1, 0.15) is 73.7 Å². The van der Waals surface area contributed by atoms with Gasteiger partial charge in [-0.25, -0.2) is 8.42 Å². The lowest BCUT2D eigenvalue weighted by Gasteiger charge is -2.31. The average Bonchev–Trinajstić information content (AvgIpc) is 3.08. The van der Waals surface area contributed by atoms with Gasteiger partial charge in [0, 0.05) is 24.7 Å². The number of rotatable bonds is 6. The van der Waals surface area contributed by atoms with Crippen molar-refractivity contribution in [3.8, 4) is 0 Å². The van der Waals surface area contributed by atoms with E-state index in [4.69, 9.17) is 0 Å². The maximum Gasteiger partial charge on any atom is 0.261 e. The minimum absolute atomic E-state index is 0.136. The lowest BCUT2D eigenvalue weighted by molar-refractivity contribution is 0.0933. The number of hydrogen-bond donors (Lipinski definition) is 2. The van der Waals surface area contributed by atoms with Crippen LogP contribution in [0.2, 0.25) is 0 Å². The Morgan fingerprint density at radius 1 is 0.879 bits per heavy atom. The van der Waals surface area contributed by atoms with Crippen LogP contribution >= 0.6 is 0 Å². The molecule has 1 aliphatic carbocycles. The van der Waals surface area contributed by atoms with E-state index in [1.807, 2.05) is 19.1 Å². The van der Waals surface area contributed by atoms with Crippen LogP contribution in [0, 0.1) is 6.92 Å². The molecule has 178 valence electrons. The van der Waals surface area contributed by atoms with Crippen LogP contribution in [0.3, 0.4) is 0 Å². The molecular formula is C26H35N3O3S. The molecule has 7 heteroatoms. The van der Waals surface area contributed by atoms with Crippen molar-refractivity contribution >= 4 is 27.3 Å². The largest absolute Gasteiger partial charge is 0.370 e. The summed E-state index contributed by atoms with van der Waals surface area (Å²) >= 11 is 0. The van der Waals surface area contributed by atoms with E-state index < -0.39 is 10.0 Å². The van der Waals surface area contributed by atoms with Crippen molar-refractivity contribution < 1.29 is 13.2 Å². The molecule has 33 heavy (non-hydrogen) atoms. The van der Waals surface area contributed by atoms with E-state index in [9.17, 15) is 13.2 Å².